The van der Waals surface area contributed by atoms with Gasteiger partial charge in [0.25, 0.3) is 0 Å². The van der Waals surface area contributed by atoms with Gasteiger partial charge in [0, 0.05) is 13.5 Å². The van der Waals surface area contributed by atoms with E-state index in [1.54, 1.807) is 16.8 Å². The summed E-state index contributed by atoms with van der Waals surface area (Å²) in [5.74, 6) is 0.149. The number of amides is 2. The summed E-state index contributed by atoms with van der Waals surface area (Å²) in [4.78, 5) is 35.2. The van der Waals surface area contributed by atoms with Crippen LogP contribution in [0.2, 0.25) is 0 Å². The van der Waals surface area contributed by atoms with Crippen molar-refractivity contribution in [3.8, 4) is 0 Å². The molecule has 7 heteroatoms. The number of carbonyl (C=O) groups is 2. The lowest BCUT2D eigenvalue weighted by molar-refractivity contribution is 0.0916. The summed E-state index contributed by atoms with van der Waals surface area (Å²) >= 11 is 1.35. The smallest absolute Gasteiger partial charge is 0.314 e. The van der Waals surface area contributed by atoms with Gasteiger partial charge in [0.1, 0.15) is 0 Å². The van der Waals surface area contributed by atoms with Crippen LogP contribution in [0.3, 0.4) is 0 Å². The molecule has 3 rings (SSSR count). The van der Waals surface area contributed by atoms with Gasteiger partial charge in [0.05, 0.1) is 23.9 Å². The molecule has 0 N–H and O–H groups in total. The number of Topliss-reactive ketones (excluding diaryl/α,β-unsaturated/α-hetero) is 1. The van der Waals surface area contributed by atoms with Crippen molar-refractivity contribution < 1.29 is 9.59 Å². The lowest BCUT2D eigenvalue weighted by Crippen LogP contribution is -2.55. The molecule has 0 spiro atoms. The number of fused-ring (bicyclic) bond motifs is 1. The number of ketones is 1. The molecule has 1 aromatic rings. The van der Waals surface area contributed by atoms with Crippen molar-refractivity contribution in [2.24, 2.45) is 5.41 Å². The fourth-order valence-electron chi connectivity index (χ4n) is 2.94. The molecule has 0 atom stereocenters. The molecule has 6 nitrogen and oxygen atoms in total. The van der Waals surface area contributed by atoms with Gasteiger partial charge in [-0.1, -0.05) is 25.2 Å². The molecule has 1 fully saturated rings. The SMILES string of the molecule is CN1CN(C)C(=O)N(c2nc3c(s2)C(=O)CC(C)(C)C3)C1. The molecule has 2 heterocycles. The Morgan fingerprint density at radius 1 is 1.14 bits per heavy atom. The zero-order valence-corrected chi connectivity index (χ0v) is 13.7. The van der Waals surface area contributed by atoms with Crippen LogP contribution < -0.4 is 4.90 Å². The van der Waals surface area contributed by atoms with Crippen molar-refractivity contribution in [2.75, 3.05) is 32.3 Å². The minimum absolute atomic E-state index is 0.0467. The first kappa shape index (κ1) is 14.5. The summed E-state index contributed by atoms with van der Waals surface area (Å²) in [6.45, 7) is 5.28. The molecule has 1 aromatic heterocycles. The number of hydrogen-bond donors (Lipinski definition) is 0. The van der Waals surface area contributed by atoms with Crippen LogP contribution in [0.25, 0.3) is 0 Å². The first-order valence-electron chi connectivity index (χ1n) is 7.01. The van der Waals surface area contributed by atoms with E-state index in [4.69, 9.17) is 0 Å². The average Bonchev–Trinajstić information content (AvgIpc) is 2.76. The van der Waals surface area contributed by atoms with Gasteiger partial charge >= 0.3 is 6.03 Å². The van der Waals surface area contributed by atoms with Crippen molar-refractivity contribution in [3.05, 3.63) is 10.6 Å². The van der Waals surface area contributed by atoms with Crippen molar-refractivity contribution >= 4 is 28.3 Å². The lowest BCUT2D eigenvalue weighted by atomic mass is 9.78. The number of hydrogen-bond acceptors (Lipinski definition) is 5. The van der Waals surface area contributed by atoms with E-state index in [0.29, 0.717) is 24.9 Å². The molecular weight excluding hydrogens is 288 g/mol. The minimum Gasteiger partial charge on any atom is -0.314 e. The molecule has 0 aromatic carbocycles. The molecule has 0 radical (unpaired) electrons. The maximum Gasteiger partial charge on any atom is 0.328 e. The Bertz CT molecular complexity index is 610. The first-order chi connectivity index (χ1) is 9.77. The third kappa shape index (κ3) is 2.55. The Kier molecular flexibility index (Phi) is 3.29. The highest BCUT2D eigenvalue weighted by Crippen LogP contribution is 2.39. The van der Waals surface area contributed by atoms with Crippen LogP contribution in [-0.4, -0.2) is 54.0 Å². The minimum atomic E-state index is -0.0640. The second-order valence-corrected chi connectivity index (χ2v) is 7.74. The number of nitrogens with zero attached hydrogens (tertiary/aromatic N) is 4. The molecule has 0 saturated carbocycles. The summed E-state index contributed by atoms with van der Waals surface area (Å²) in [6, 6.07) is -0.0640. The Balaban J connectivity index is 1.95. The molecule has 114 valence electrons. The molecule has 2 amide bonds. The summed E-state index contributed by atoms with van der Waals surface area (Å²) < 4.78 is 0. The highest BCUT2D eigenvalue weighted by molar-refractivity contribution is 7.17. The van der Waals surface area contributed by atoms with Crippen LogP contribution in [0.5, 0.6) is 0 Å². The van der Waals surface area contributed by atoms with Gasteiger partial charge in [-0.2, -0.15) is 0 Å². The van der Waals surface area contributed by atoms with Gasteiger partial charge in [-0.05, 0) is 18.9 Å². The van der Waals surface area contributed by atoms with Gasteiger partial charge in [-0.15, -0.1) is 0 Å². The monoisotopic (exact) mass is 308 g/mol. The molecule has 1 aliphatic carbocycles. The van der Waals surface area contributed by atoms with Crippen molar-refractivity contribution in [1.82, 2.24) is 14.8 Å². The summed E-state index contributed by atoms with van der Waals surface area (Å²) in [6.07, 6.45) is 1.34. The van der Waals surface area contributed by atoms with Crippen molar-refractivity contribution in [1.29, 1.82) is 0 Å². The molecule has 0 bridgehead atoms. The standard InChI is InChI=1S/C14H20N4O2S/c1-14(2)5-9-11(10(19)6-14)21-12(15-9)18-8-16(3)7-17(4)13(18)20/h5-8H2,1-4H3. The van der Waals surface area contributed by atoms with Crippen LogP contribution in [-0.2, 0) is 6.42 Å². The Labute approximate surface area is 128 Å². The van der Waals surface area contributed by atoms with Gasteiger partial charge in [-0.3, -0.25) is 14.6 Å². The maximum absolute atomic E-state index is 12.3. The van der Waals surface area contributed by atoms with E-state index in [-0.39, 0.29) is 17.2 Å². The van der Waals surface area contributed by atoms with Crippen LogP contribution in [0.15, 0.2) is 0 Å². The molecule has 21 heavy (non-hydrogen) atoms. The molecule has 1 saturated heterocycles. The van der Waals surface area contributed by atoms with Crippen LogP contribution >= 0.6 is 11.3 Å². The zero-order chi connectivity index (χ0) is 15.4. The quantitative estimate of drug-likeness (QED) is 0.796. The highest BCUT2D eigenvalue weighted by atomic mass is 32.1. The lowest BCUT2D eigenvalue weighted by Gasteiger charge is -2.37. The Hall–Kier alpha value is -1.47. The van der Waals surface area contributed by atoms with E-state index in [1.165, 1.54) is 11.3 Å². The van der Waals surface area contributed by atoms with E-state index >= 15 is 0 Å². The highest BCUT2D eigenvalue weighted by Gasteiger charge is 2.36. The van der Waals surface area contributed by atoms with E-state index in [1.807, 2.05) is 11.9 Å². The predicted molar refractivity (Wildman–Crippen MR) is 81.7 cm³/mol. The third-order valence-electron chi connectivity index (χ3n) is 3.85. The molecular formula is C14H20N4O2S. The molecule has 0 unspecified atom stereocenters. The topological polar surface area (TPSA) is 56.8 Å². The van der Waals surface area contributed by atoms with Crippen LogP contribution in [0.4, 0.5) is 9.93 Å². The number of rotatable bonds is 1. The van der Waals surface area contributed by atoms with E-state index in [2.05, 4.69) is 18.8 Å². The second kappa shape index (κ2) is 4.78. The Morgan fingerprint density at radius 2 is 1.86 bits per heavy atom. The average molecular weight is 308 g/mol. The van der Waals surface area contributed by atoms with Crippen molar-refractivity contribution in [2.45, 2.75) is 26.7 Å². The maximum atomic E-state index is 12.3. The zero-order valence-electron chi connectivity index (χ0n) is 12.8. The van der Waals surface area contributed by atoms with Crippen LogP contribution in [0.1, 0.15) is 35.6 Å². The fourth-order valence-corrected chi connectivity index (χ4v) is 3.95. The third-order valence-corrected chi connectivity index (χ3v) is 5.01. The number of carbonyl (C=O) groups excluding carboxylic acids is 2. The largest absolute Gasteiger partial charge is 0.328 e. The van der Waals surface area contributed by atoms with E-state index in [0.717, 1.165) is 17.0 Å². The fraction of sp³-hybridized carbons (Fsp3) is 0.643. The normalized spacial score (nSPS) is 22.7. The molecule has 1 aliphatic heterocycles. The number of thiazole rings is 1. The van der Waals surface area contributed by atoms with Gasteiger partial charge < -0.3 is 4.90 Å². The first-order valence-corrected chi connectivity index (χ1v) is 7.82. The predicted octanol–water partition coefficient (Wildman–Crippen LogP) is 2.02. The van der Waals surface area contributed by atoms with E-state index < -0.39 is 0 Å². The van der Waals surface area contributed by atoms with Gasteiger partial charge in [-0.25, -0.2) is 9.78 Å². The Morgan fingerprint density at radius 3 is 2.57 bits per heavy atom. The van der Waals surface area contributed by atoms with Crippen molar-refractivity contribution in [3.63, 3.8) is 0 Å². The number of anilines is 1. The van der Waals surface area contributed by atoms with Crippen LogP contribution in [0, 0.1) is 5.41 Å². The summed E-state index contributed by atoms with van der Waals surface area (Å²) in [7, 11) is 3.73. The van der Waals surface area contributed by atoms with Gasteiger partial charge in [0.15, 0.2) is 10.9 Å². The molecule has 2 aliphatic rings. The second-order valence-electron chi connectivity index (χ2n) is 6.76. The van der Waals surface area contributed by atoms with Gasteiger partial charge in [0.2, 0.25) is 0 Å². The van der Waals surface area contributed by atoms with E-state index in [9.17, 15) is 9.59 Å². The number of aromatic nitrogens is 1. The number of urea groups is 1. The summed E-state index contributed by atoms with van der Waals surface area (Å²) in [5.41, 5.74) is 0.800. The summed E-state index contributed by atoms with van der Waals surface area (Å²) in [5, 5.41) is 0.634.